The van der Waals surface area contributed by atoms with E-state index in [0.717, 1.165) is 6.07 Å². The molecule has 0 radical (unpaired) electrons. The minimum Gasteiger partial charge on any atom is -0.436 e. The predicted molar refractivity (Wildman–Crippen MR) is 85.7 cm³/mol. The molecule has 0 saturated carbocycles. The smallest absolute Gasteiger partial charge is 0.436 e. The third-order valence-corrected chi connectivity index (χ3v) is 4.81. The Morgan fingerprint density at radius 2 is 2.04 bits per heavy atom. The van der Waals surface area contributed by atoms with Crippen LogP contribution in [0.25, 0.3) is 11.0 Å². The molecule has 1 fully saturated rings. The number of benzene rings is 1. The first-order chi connectivity index (χ1) is 12.1. The Hall–Kier alpha value is -2.27. The van der Waals surface area contributed by atoms with Crippen LogP contribution in [0.15, 0.2) is 33.5 Å². The van der Waals surface area contributed by atoms with Crippen molar-refractivity contribution >= 4 is 27.0 Å². The minimum absolute atomic E-state index is 0.0930. The monoisotopic (exact) mass is 393 g/mol. The van der Waals surface area contributed by atoms with Crippen LogP contribution < -0.4 is 14.5 Å². The highest BCUT2D eigenvalue weighted by Gasteiger charge is 2.49. The zero-order valence-corrected chi connectivity index (χ0v) is 14.3. The summed E-state index contributed by atoms with van der Waals surface area (Å²) in [6.07, 6.45) is 0. The normalized spacial score (nSPS) is 18.9. The van der Waals surface area contributed by atoms with Gasteiger partial charge in [-0.3, -0.25) is 4.79 Å². The van der Waals surface area contributed by atoms with Crippen molar-refractivity contribution in [3.63, 3.8) is 0 Å². The van der Waals surface area contributed by atoms with Crippen molar-refractivity contribution in [2.75, 3.05) is 24.7 Å². The molecule has 1 aromatic carbocycles. The Labute approximate surface area is 146 Å². The van der Waals surface area contributed by atoms with Gasteiger partial charge in [0, 0.05) is 12.6 Å². The van der Waals surface area contributed by atoms with Crippen molar-refractivity contribution in [2.24, 2.45) is 0 Å². The molecular formula is C15H14F3NO6S. The van der Waals surface area contributed by atoms with Crippen molar-refractivity contribution in [3.05, 3.63) is 34.5 Å². The summed E-state index contributed by atoms with van der Waals surface area (Å²) in [4.78, 5) is 14.0. The molecule has 0 amide bonds. The lowest BCUT2D eigenvalue weighted by atomic mass is 10.2. The van der Waals surface area contributed by atoms with Gasteiger partial charge in [0.25, 0.3) is 0 Å². The molecule has 0 spiro atoms. The number of para-hydroxylation sites is 1. The van der Waals surface area contributed by atoms with Gasteiger partial charge < -0.3 is 18.2 Å². The van der Waals surface area contributed by atoms with E-state index in [0.29, 0.717) is 19.8 Å². The first-order valence-corrected chi connectivity index (χ1v) is 8.93. The van der Waals surface area contributed by atoms with Crippen LogP contribution in [-0.4, -0.2) is 39.7 Å². The van der Waals surface area contributed by atoms with Gasteiger partial charge in [0.15, 0.2) is 16.8 Å². The lowest BCUT2D eigenvalue weighted by Crippen LogP contribution is -2.44. The fourth-order valence-electron chi connectivity index (χ4n) is 2.57. The number of fused-ring (bicyclic) bond motifs is 1. The van der Waals surface area contributed by atoms with Crippen LogP contribution in [0, 0.1) is 0 Å². The zero-order chi connectivity index (χ0) is 19.1. The molecule has 11 heteroatoms. The Morgan fingerprint density at radius 3 is 2.69 bits per heavy atom. The second-order valence-electron chi connectivity index (χ2n) is 5.68. The van der Waals surface area contributed by atoms with Gasteiger partial charge in [0.2, 0.25) is 5.88 Å². The van der Waals surface area contributed by atoms with E-state index in [-0.39, 0.29) is 22.9 Å². The highest BCUT2D eigenvalue weighted by atomic mass is 32.2. The Bertz CT molecular complexity index is 985. The molecule has 2 aromatic rings. The van der Waals surface area contributed by atoms with E-state index in [2.05, 4.69) is 4.18 Å². The summed E-state index contributed by atoms with van der Waals surface area (Å²) in [5.41, 5.74) is -6.51. The van der Waals surface area contributed by atoms with Crippen LogP contribution in [0.4, 0.5) is 19.1 Å². The van der Waals surface area contributed by atoms with Crippen LogP contribution in [0.5, 0.6) is 5.75 Å². The fourth-order valence-corrected chi connectivity index (χ4v) is 3.03. The van der Waals surface area contributed by atoms with Crippen molar-refractivity contribution < 1.29 is 34.9 Å². The van der Waals surface area contributed by atoms with Crippen molar-refractivity contribution in [1.82, 2.24) is 0 Å². The topological polar surface area (TPSA) is 86.0 Å². The van der Waals surface area contributed by atoms with Crippen molar-refractivity contribution in [3.8, 4) is 5.75 Å². The number of halogens is 3. The van der Waals surface area contributed by atoms with Gasteiger partial charge in [0.1, 0.15) is 0 Å². The Morgan fingerprint density at radius 1 is 1.31 bits per heavy atom. The number of nitrogens with zero attached hydrogens (tertiary/aromatic N) is 1. The first-order valence-electron chi connectivity index (χ1n) is 7.52. The highest BCUT2D eigenvalue weighted by Crippen LogP contribution is 2.33. The van der Waals surface area contributed by atoms with Crippen LogP contribution in [0.2, 0.25) is 0 Å². The van der Waals surface area contributed by atoms with E-state index < -0.39 is 26.8 Å². The summed E-state index contributed by atoms with van der Waals surface area (Å²) < 4.78 is 75.4. The van der Waals surface area contributed by atoms with Crippen LogP contribution in [0.1, 0.15) is 6.92 Å². The molecule has 1 aliphatic rings. The van der Waals surface area contributed by atoms with E-state index in [1.807, 2.05) is 6.92 Å². The number of hydrogen-bond acceptors (Lipinski definition) is 7. The maximum atomic E-state index is 12.6. The van der Waals surface area contributed by atoms with Crippen molar-refractivity contribution in [2.45, 2.75) is 18.5 Å². The van der Waals surface area contributed by atoms with E-state index in [1.54, 1.807) is 4.90 Å². The Kier molecular flexibility index (Phi) is 4.61. The van der Waals surface area contributed by atoms with Crippen molar-refractivity contribution in [1.29, 1.82) is 0 Å². The van der Waals surface area contributed by atoms with E-state index >= 15 is 0 Å². The molecule has 142 valence electrons. The lowest BCUT2D eigenvalue weighted by Gasteiger charge is -2.33. The molecule has 1 atom stereocenters. The molecule has 2 heterocycles. The standard InChI is InChI=1S/C15H14F3NO6S/c1-9-8-23-6-5-19(9)13-7-11(20)10-3-2-4-12(14(10)24-13)25-26(21,22)15(16,17)18/h2-4,7,9H,5-6,8H2,1H3. The summed E-state index contributed by atoms with van der Waals surface area (Å²) in [6, 6.07) is 4.56. The number of alkyl halides is 3. The predicted octanol–water partition coefficient (Wildman–Crippen LogP) is 2.25. The molecule has 3 rings (SSSR count). The molecule has 26 heavy (non-hydrogen) atoms. The second-order valence-corrected chi connectivity index (χ2v) is 7.22. The largest absolute Gasteiger partial charge is 0.534 e. The second kappa shape index (κ2) is 6.47. The van der Waals surface area contributed by atoms with Crippen LogP contribution >= 0.6 is 0 Å². The molecule has 1 aliphatic heterocycles. The molecule has 1 unspecified atom stereocenters. The van der Waals surface area contributed by atoms with Gasteiger partial charge in [-0.15, -0.1) is 0 Å². The fraction of sp³-hybridized carbons (Fsp3) is 0.400. The minimum atomic E-state index is -5.90. The van der Waals surface area contributed by atoms with Gasteiger partial charge in [-0.25, -0.2) is 0 Å². The van der Waals surface area contributed by atoms with Crippen LogP contribution in [0.3, 0.4) is 0 Å². The Balaban J connectivity index is 2.12. The van der Waals surface area contributed by atoms with Crippen LogP contribution in [-0.2, 0) is 14.9 Å². The van der Waals surface area contributed by atoms with E-state index in [9.17, 15) is 26.4 Å². The summed E-state index contributed by atoms with van der Waals surface area (Å²) in [5, 5.41) is -0.0930. The molecular weight excluding hydrogens is 379 g/mol. The van der Waals surface area contributed by atoms with Gasteiger partial charge in [-0.1, -0.05) is 6.07 Å². The van der Waals surface area contributed by atoms with Gasteiger partial charge in [-0.05, 0) is 19.1 Å². The van der Waals surface area contributed by atoms with E-state index in [4.69, 9.17) is 9.15 Å². The number of anilines is 1. The van der Waals surface area contributed by atoms with Gasteiger partial charge in [-0.2, -0.15) is 21.6 Å². The summed E-state index contributed by atoms with van der Waals surface area (Å²) in [6.45, 7) is 2.98. The molecule has 1 aromatic heterocycles. The summed E-state index contributed by atoms with van der Waals surface area (Å²) >= 11 is 0. The van der Waals surface area contributed by atoms with Gasteiger partial charge in [0.05, 0.1) is 24.6 Å². The summed E-state index contributed by atoms with van der Waals surface area (Å²) in [5.74, 6) is -0.613. The summed E-state index contributed by atoms with van der Waals surface area (Å²) in [7, 11) is -5.90. The third-order valence-electron chi connectivity index (χ3n) is 3.84. The van der Waals surface area contributed by atoms with Gasteiger partial charge >= 0.3 is 15.6 Å². The maximum absolute atomic E-state index is 12.6. The number of morpholine rings is 1. The number of hydrogen-bond donors (Lipinski definition) is 0. The zero-order valence-electron chi connectivity index (χ0n) is 13.4. The third kappa shape index (κ3) is 3.36. The molecule has 0 aliphatic carbocycles. The number of rotatable bonds is 3. The maximum Gasteiger partial charge on any atom is 0.534 e. The average molecular weight is 393 g/mol. The quantitative estimate of drug-likeness (QED) is 0.584. The average Bonchev–Trinajstić information content (AvgIpc) is 2.54. The lowest BCUT2D eigenvalue weighted by molar-refractivity contribution is -0.0499. The first kappa shape index (κ1) is 18.5. The molecule has 7 nitrogen and oxygen atoms in total. The van der Waals surface area contributed by atoms with E-state index in [1.165, 1.54) is 18.2 Å². The molecule has 0 N–H and O–H groups in total. The number of ether oxygens (including phenoxy) is 1. The molecule has 1 saturated heterocycles. The SMILES string of the molecule is CC1COCCN1c1cc(=O)c2cccc(OS(=O)(=O)C(F)(F)F)c2o1. The molecule has 0 bridgehead atoms. The highest BCUT2D eigenvalue weighted by molar-refractivity contribution is 7.88.